The first-order chi connectivity index (χ1) is 12.5. The molecule has 0 aromatic heterocycles. The van der Waals surface area contributed by atoms with Crippen LogP contribution in [0.1, 0.15) is 0 Å². The van der Waals surface area contributed by atoms with Crippen LogP contribution in [0.25, 0.3) is 0 Å². The van der Waals surface area contributed by atoms with Crippen molar-refractivity contribution in [1.29, 1.82) is 0 Å². The molecule has 0 atom stereocenters. The molecule has 26 heavy (non-hydrogen) atoms. The molecule has 2 aromatic carbocycles. The molecule has 1 aliphatic heterocycles. The molecule has 8 heteroatoms. The van der Waals surface area contributed by atoms with E-state index in [0.717, 1.165) is 5.69 Å². The molecule has 0 radical (unpaired) electrons. The van der Waals surface area contributed by atoms with E-state index in [0.29, 0.717) is 37.0 Å². The lowest BCUT2D eigenvalue weighted by Crippen LogP contribution is -2.50. The van der Waals surface area contributed by atoms with E-state index in [1.54, 1.807) is 4.90 Å². The number of carbonyl (C=O) groups excluding carboxylic acids is 1. The molecule has 1 saturated heterocycles. The normalized spacial score (nSPS) is 14.2. The molecule has 7 nitrogen and oxygen atoms in total. The molecule has 0 N–H and O–H groups in total. The minimum atomic E-state index is -0.479. The van der Waals surface area contributed by atoms with Gasteiger partial charge in [0.05, 0.1) is 15.6 Å². The quantitative estimate of drug-likeness (QED) is 0.593. The number of benzene rings is 2. The molecule has 2 aromatic rings. The first-order valence-corrected chi connectivity index (χ1v) is 8.57. The Morgan fingerprint density at radius 1 is 1.08 bits per heavy atom. The second-order valence-corrected chi connectivity index (χ2v) is 6.27. The number of halogens is 1. The predicted octanol–water partition coefficient (Wildman–Crippen LogP) is 2.98. The van der Waals surface area contributed by atoms with Gasteiger partial charge in [0.15, 0.2) is 6.61 Å². The fourth-order valence-corrected chi connectivity index (χ4v) is 3.06. The lowest BCUT2D eigenvalue weighted by atomic mass is 10.2. The van der Waals surface area contributed by atoms with Gasteiger partial charge in [0, 0.05) is 38.3 Å². The number of nitrogens with zero attached hydrogens (tertiary/aromatic N) is 3. The first-order valence-electron chi connectivity index (χ1n) is 8.19. The van der Waals surface area contributed by atoms with Crippen molar-refractivity contribution >= 4 is 28.9 Å². The van der Waals surface area contributed by atoms with Gasteiger partial charge in [-0.1, -0.05) is 23.7 Å². The lowest BCUT2D eigenvalue weighted by Gasteiger charge is -2.36. The molecule has 0 aliphatic carbocycles. The highest BCUT2D eigenvalue weighted by Gasteiger charge is 2.22. The van der Waals surface area contributed by atoms with E-state index in [2.05, 4.69) is 4.90 Å². The average Bonchev–Trinajstić information content (AvgIpc) is 2.67. The fourth-order valence-electron chi connectivity index (χ4n) is 2.81. The van der Waals surface area contributed by atoms with E-state index in [1.165, 1.54) is 24.3 Å². The molecule has 0 spiro atoms. The summed E-state index contributed by atoms with van der Waals surface area (Å²) in [7, 11) is 0. The van der Waals surface area contributed by atoms with E-state index >= 15 is 0 Å². The Kier molecular flexibility index (Phi) is 5.58. The van der Waals surface area contributed by atoms with Crippen LogP contribution in [0, 0.1) is 10.1 Å². The SMILES string of the molecule is O=C(COc1ccc([N+](=O)[O-])cc1)N1CCN(c2ccccc2Cl)CC1. The second-order valence-electron chi connectivity index (χ2n) is 5.86. The van der Waals surface area contributed by atoms with Gasteiger partial charge in [-0.25, -0.2) is 0 Å². The molecule has 136 valence electrons. The molecule has 1 fully saturated rings. The topological polar surface area (TPSA) is 75.9 Å². The minimum absolute atomic E-state index is 0.0145. The highest BCUT2D eigenvalue weighted by atomic mass is 35.5. The summed E-state index contributed by atoms with van der Waals surface area (Å²) in [6, 6.07) is 13.3. The second kappa shape index (κ2) is 8.05. The number of anilines is 1. The number of hydrogen-bond donors (Lipinski definition) is 0. The Bertz CT molecular complexity index is 789. The maximum absolute atomic E-state index is 12.3. The highest BCUT2D eigenvalue weighted by Crippen LogP contribution is 2.26. The van der Waals surface area contributed by atoms with Crippen molar-refractivity contribution in [3.05, 3.63) is 63.7 Å². The van der Waals surface area contributed by atoms with Crippen LogP contribution in [0.15, 0.2) is 48.5 Å². The number of rotatable bonds is 5. The lowest BCUT2D eigenvalue weighted by molar-refractivity contribution is -0.384. The van der Waals surface area contributed by atoms with Gasteiger partial charge in [0.1, 0.15) is 5.75 Å². The van der Waals surface area contributed by atoms with Gasteiger partial charge in [-0.05, 0) is 24.3 Å². The Labute approximate surface area is 155 Å². The van der Waals surface area contributed by atoms with Crippen molar-refractivity contribution in [2.75, 3.05) is 37.7 Å². The van der Waals surface area contributed by atoms with E-state index < -0.39 is 4.92 Å². The molecule has 0 saturated carbocycles. The molecule has 0 unspecified atom stereocenters. The maximum Gasteiger partial charge on any atom is 0.269 e. The van der Waals surface area contributed by atoms with E-state index in [9.17, 15) is 14.9 Å². The summed E-state index contributed by atoms with van der Waals surface area (Å²) in [6.07, 6.45) is 0. The third-order valence-electron chi connectivity index (χ3n) is 4.24. The van der Waals surface area contributed by atoms with Gasteiger partial charge in [-0.3, -0.25) is 14.9 Å². The molecule has 0 bridgehead atoms. The number of para-hydroxylation sites is 1. The first kappa shape index (κ1) is 18.0. The van der Waals surface area contributed by atoms with Crippen LogP contribution in [-0.2, 0) is 4.79 Å². The summed E-state index contributed by atoms with van der Waals surface area (Å²) in [5, 5.41) is 11.3. The van der Waals surface area contributed by atoms with Crippen molar-refractivity contribution in [1.82, 2.24) is 4.90 Å². The third-order valence-corrected chi connectivity index (χ3v) is 4.55. The van der Waals surface area contributed by atoms with Crippen molar-refractivity contribution in [3.63, 3.8) is 0 Å². The molecule has 1 amide bonds. The number of nitro benzene ring substituents is 1. The monoisotopic (exact) mass is 375 g/mol. The van der Waals surface area contributed by atoms with Crippen LogP contribution in [0.5, 0.6) is 5.75 Å². The van der Waals surface area contributed by atoms with E-state index in [-0.39, 0.29) is 18.2 Å². The third kappa shape index (κ3) is 4.23. The Balaban J connectivity index is 1.49. The van der Waals surface area contributed by atoms with Crippen molar-refractivity contribution in [3.8, 4) is 5.75 Å². The van der Waals surface area contributed by atoms with Gasteiger partial charge in [-0.2, -0.15) is 0 Å². The molecular formula is C18H18ClN3O4. The van der Waals surface area contributed by atoms with Crippen LogP contribution < -0.4 is 9.64 Å². The maximum atomic E-state index is 12.3. The Hall–Kier alpha value is -2.80. The van der Waals surface area contributed by atoms with Gasteiger partial charge >= 0.3 is 0 Å². The van der Waals surface area contributed by atoms with Crippen LogP contribution in [0.3, 0.4) is 0 Å². The largest absolute Gasteiger partial charge is 0.484 e. The average molecular weight is 376 g/mol. The number of nitro groups is 1. The van der Waals surface area contributed by atoms with Crippen LogP contribution in [-0.4, -0.2) is 48.5 Å². The van der Waals surface area contributed by atoms with Crippen LogP contribution in [0.4, 0.5) is 11.4 Å². The number of piperazine rings is 1. The zero-order valence-electron chi connectivity index (χ0n) is 14.0. The summed E-state index contributed by atoms with van der Waals surface area (Å²) in [5.74, 6) is 0.320. The highest BCUT2D eigenvalue weighted by molar-refractivity contribution is 6.33. The number of carbonyl (C=O) groups is 1. The van der Waals surface area contributed by atoms with Crippen molar-refractivity contribution in [2.24, 2.45) is 0 Å². The number of amides is 1. The number of non-ortho nitro benzene ring substituents is 1. The number of hydrogen-bond acceptors (Lipinski definition) is 5. The molecule has 3 rings (SSSR count). The Morgan fingerprint density at radius 3 is 2.35 bits per heavy atom. The van der Waals surface area contributed by atoms with E-state index in [4.69, 9.17) is 16.3 Å². The van der Waals surface area contributed by atoms with Gasteiger partial charge in [0.2, 0.25) is 0 Å². The molecule has 1 aliphatic rings. The van der Waals surface area contributed by atoms with Crippen molar-refractivity contribution in [2.45, 2.75) is 0 Å². The summed E-state index contributed by atoms with van der Waals surface area (Å²) in [4.78, 5) is 26.4. The van der Waals surface area contributed by atoms with Gasteiger partial charge in [-0.15, -0.1) is 0 Å². The zero-order valence-corrected chi connectivity index (χ0v) is 14.8. The summed E-state index contributed by atoms with van der Waals surface area (Å²) in [6.45, 7) is 2.49. The summed E-state index contributed by atoms with van der Waals surface area (Å²) >= 11 is 6.22. The Morgan fingerprint density at radius 2 is 1.73 bits per heavy atom. The van der Waals surface area contributed by atoms with Gasteiger partial charge in [0.25, 0.3) is 11.6 Å². The van der Waals surface area contributed by atoms with Gasteiger partial charge < -0.3 is 14.5 Å². The summed E-state index contributed by atoms with van der Waals surface area (Å²) in [5.41, 5.74) is 0.961. The minimum Gasteiger partial charge on any atom is -0.484 e. The predicted molar refractivity (Wildman–Crippen MR) is 98.8 cm³/mol. The molecule has 1 heterocycles. The van der Waals surface area contributed by atoms with Crippen LogP contribution in [0.2, 0.25) is 5.02 Å². The number of ether oxygens (including phenoxy) is 1. The smallest absolute Gasteiger partial charge is 0.269 e. The molecular weight excluding hydrogens is 358 g/mol. The zero-order chi connectivity index (χ0) is 18.5. The van der Waals surface area contributed by atoms with Crippen molar-refractivity contribution < 1.29 is 14.5 Å². The van der Waals surface area contributed by atoms with Crippen LogP contribution >= 0.6 is 11.6 Å². The summed E-state index contributed by atoms with van der Waals surface area (Å²) < 4.78 is 5.44. The van der Waals surface area contributed by atoms with E-state index in [1.807, 2.05) is 24.3 Å². The standard InChI is InChI=1S/C18H18ClN3O4/c19-16-3-1-2-4-17(16)20-9-11-21(12-10-20)18(23)13-26-15-7-5-14(6-8-15)22(24)25/h1-8H,9-13H2. The fraction of sp³-hybridized carbons (Fsp3) is 0.278.